The fourth-order valence-corrected chi connectivity index (χ4v) is 2.85. The molecular weight excluding hydrogens is 332 g/mol. The van der Waals surface area contributed by atoms with E-state index in [-0.39, 0.29) is 0 Å². The van der Waals surface area contributed by atoms with Crippen LogP contribution in [0.2, 0.25) is 0 Å². The molecule has 6 nitrogen and oxygen atoms in total. The molecule has 0 aliphatic heterocycles. The third-order valence-corrected chi connectivity index (χ3v) is 4.32. The van der Waals surface area contributed by atoms with E-state index in [1.165, 1.54) is 0 Å². The fraction of sp³-hybridized carbons (Fsp3) is 0.111. The molecule has 0 unspecified atom stereocenters. The first kappa shape index (κ1) is 15.6. The standard InChI is InChI=1S/C18H16N6S/c25-18-16(11-19-23(18)12-14-7-3-1-4-8-14)17-20-22-24(21-17)13-15-9-5-2-6-10-15/h1-11,25H,12-13H2. The monoisotopic (exact) mass is 348 g/mol. The van der Waals surface area contributed by atoms with Crippen molar-refractivity contribution in [3.05, 3.63) is 78.0 Å². The Morgan fingerprint density at radius 2 is 1.48 bits per heavy atom. The minimum atomic E-state index is 0.528. The molecule has 0 saturated carbocycles. The Hall–Kier alpha value is -2.93. The first-order chi connectivity index (χ1) is 12.3. The fourth-order valence-electron chi connectivity index (χ4n) is 2.57. The van der Waals surface area contributed by atoms with Gasteiger partial charge in [0.05, 0.1) is 24.8 Å². The van der Waals surface area contributed by atoms with Crippen molar-refractivity contribution in [3.63, 3.8) is 0 Å². The Labute approximate surface area is 150 Å². The molecule has 0 aliphatic carbocycles. The molecule has 0 spiro atoms. The van der Waals surface area contributed by atoms with E-state index in [0.29, 0.717) is 18.9 Å². The summed E-state index contributed by atoms with van der Waals surface area (Å²) in [6.45, 7) is 1.23. The number of aromatic nitrogens is 6. The minimum Gasteiger partial charge on any atom is -0.254 e. The van der Waals surface area contributed by atoms with Crippen LogP contribution in [0.5, 0.6) is 0 Å². The second kappa shape index (κ2) is 6.90. The van der Waals surface area contributed by atoms with Gasteiger partial charge in [-0.2, -0.15) is 9.90 Å². The Balaban J connectivity index is 1.55. The number of benzene rings is 2. The van der Waals surface area contributed by atoms with E-state index in [4.69, 9.17) is 0 Å². The highest BCUT2D eigenvalue weighted by atomic mass is 32.1. The van der Waals surface area contributed by atoms with Crippen LogP contribution in [-0.2, 0) is 13.1 Å². The predicted octanol–water partition coefficient (Wildman–Crippen LogP) is 2.92. The van der Waals surface area contributed by atoms with Crippen LogP contribution in [0.3, 0.4) is 0 Å². The maximum absolute atomic E-state index is 4.60. The molecule has 124 valence electrons. The summed E-state index contributed by atoms with van der Waals surface area (Å²) in [7, 11) is 0. The second-order valence-corrected chi connectivity index (χ2v) is 6.08. The molecule has 2 heterocycles. The second-order valence-electron chi connectivity index (χ2n) is 5.65. The maximum Gasteiger partial charge on any atom is 0.209 e. The summed E-state index contributed by atoms with van der Waals surface area (Å²) < 4.78 is 1.83. The summed E-state index contributed by atoms with van der Waals surface area (Å²) >= 11 is 4.60. The van der Waals surface area contributed by atoms with E-state index in [9.17, 15) is 0 Å². The number of hydrogen-bond acceptors (Lipinski definition) is 5. The van der Waals surface area contributed by atoms with E-state index in [2.05, 4.69) is 45.3 Å². The Kier molecular flexibility index (Phi) is 4.30. The van der Waals surface area contributed by atoms with Crippen LogP contribution < -0.4 is 0 Å². The number of tetrazole rings is 1. The van der Waals surface area contributed by atoms with Crippen molar-refractivity contribution in [1.82, 2.24) is 30.0 Å². The molecule has 2 aromatic heterocycles. The van der Waals surface area contributed by atoms with Crippen molar-refractivity contribution in [3.8, 4) is 11.4 Å². The van der Waals surface area contributed by atoms with E-state index >= 15 is 0 Å². The van der Waals surface area contributed by atoms with Crippen LogP contribution >= 0.6 is 12.6 Å². The van der Waals surface area contributed by atoms with Gasteiger partial charge in [-0.15, -0.1) is 22.8 Å². The van der Waals surface area contributed by atoms with Gasteiger partial charge in [-0.25, -0.2) is 0 Å². The lowest BCUT2D eigenvalue weighted by Gasteiger charge is -2.04. The van der Waals surface area contributed by atoms with Crippen molar-refractivity contribution in [2.75, 3.05) is 0 Å². The summed E-state index contributed by atoms with van der Waals surface area (Å²) in [4.78, 5) is 1.58. The molecule has 4 rings (SSSR count). The summed E-state index contributed by atoms with van der Waals surface area (Å²) in [5, 5.41) is 17.8. The number of rotatable bonds is 5. The summed E-state index contributed by atoms with van der Waals surface area (Å²) in [5.74, 6) is 0.528. The smallest absolute Gasteiger partial charge is 0.209 e. The lowest BCUT2D eigenvalue weighted by molar-refractivity contribution is 0.572. The van der Waals surface area contributed by atoms with Crippen molar-refractivity contribution in [2.24, 2.45) is 0 Å². The van der Waals surface area contributed by atoms with E-state index in [1.54, 1.807) is 11.0 Å². The van der Waals surface area contributed by atoms with E-state index in [1.807, 2.05) is 53.2 Å². The number of thiol groups is 1. The van der Waals surface area contributed by atoms with Gasteiger partial charge < -0.3 is 0 Å². The van der Waals surface area contributed by atoms with Gasteiger partial charge in [-0.05, 0) is 16.3 Å². The molecule has 2 aromatic carbocycles. The largest absolute Gasteiger partial charge is 0.254 e. The molecule has 0 radical (unpaired) electrons. The molecule has 0 atom stereocenters. The van der Waals surface area contributed by atoms with Crippen LogP contribution in [0, 0.1) is 0 Å². The first-order valence-corrected chi connectivity index (χ1v) is 8.35. The summed E-state index contributed by atoms with van der Waals surface area (Å²) in [6, 6.07) is 20.2. The topological polar surface area (TPSA) is 61.4 Å². The number of nitrogens with zero attached hydrogens (tertiary/aromatic N) is 6. The number of hydrogen-bond donors (Lipinski definition) is 1. The Morgan fingerprint density at radius 1 is 0.840 bits per heavy atom. The SMILES string of the molecule is Sc1c(-c2nnn(Cc3ccccc3)n2)cnn1Cc1ccccc1. The van der Waals surface area contributed by atoms with Gasteiger partial charge in [0.2, 0.25) is 5.82 Å². The molecule has 0 saturated heterocycles. The zero-order valence-corrected chi connectivity index (χ0v) is 14.3. The highest BCUT2D eigenvalue weighted by molar-refractivity contribution is 7.80. The van der Waals surface area contributed by atoms with E-state index < -0.39 is 0 Å². The lowest BCUT2D eigenvalue weighted by atomic mass is 10.2. The van der Waals surface area contributed by atoms with Gasteiger partial charge in [-0.1, -0.05) is 60.7 Å². The van der Waals surface area contributed by atoms with Crippen LogP contribution in [0.15, 0.2) is 71.9 Å². The molecule has 7 heteroatoms. The predicted molar refractivity (Wildman–Crippen MR) is 97.4 cm³/mol. The van der Waals surface area contributed by atoms with Gasteiger partial charge in [0.1, 0.15) is 5.03 Å². The van der Waals surface area contributed by atoms with Crippen molar-refractivity contribution < 1.29 is 0 Å². The highest BCUT2D eigenvalue weighted by Gasteiger charge is 2.15. The third kappa shape index (κ3) is 3.46. The molecule has 0 aliphatic rings. The van der Waals surface area contributed by atoms with Crippen LogP contribution in [-0.4, -0.2) is 30.0 Å². The van der Waals surface area contributed by atoms with Crippen molar-refractivity contribution in [1.29, 1.82) is 0 Å². The van der Waals surface area contributed by atoms with Crippen molar-refractivity contribution in [2.45, 2.75) is 18.1 Å². The third-order valence-electron chi connectivity index (χ3n) is 3.85. The van der Waals surface area contributed by atoms with Gasteiger partial charge >= 0.3 is 0 Å². The van der Waals surface area contributed by atoms with Crippen molar-refractivity contribution >= 4 is 12.6 Å². The minimum absolute atomic E-state index is 0.528. The lowest BCUT2D eigenvalue weighted by Crippen LogP contribution is -2.03. The van der Waals surface area contributed by atoms with Gasteiger partial charge in [0, 0.05) is 0 Å². The molecular formula is C18H16N6S. The summed E-state index contributed by atoms with van der Waals surface area (Å²) in [5.41, 5.74) is 3.06. The molecule has 0 bridgehead atoms. The Bertz CT molecular complexity index is 962. The quantitative estimate of drug-likeness (QED) is 0.563. The summed E-state index contributed by atoms with van der Waals surface area (Å²) in [6.07, 6.45) is 1.73. The normalized spacial score (nSPS) is 10.9. The molecule has 25 heavy (non-hydrogen) atoms. The Morgan fingerprint density at radius 3 is 2.16 bits per heavy atom. The molecule has 0 amide bonds. The van der Waals surface area contributed by atoms with Crippen LogP contribution in [0.25, 0.3) is 11.4 Å². The van der Waals surface area contributed by atoms with E-state index in [0.717, 1.165) is 21.7 Å². The average molecular weight is 348 g/mol. The zero-order chi connectivity index (χ0) is 17.1. The van der Waals surface area contributed by atoms with Gasteiger partial charge in [-0.3, -0.25) is 4.68 Å². The zero-order valence-electron chi connectivity index (χ0n) is 13.4. The molecule has 0 fully saturated rings. The maximum atomic E-state index is 4.60. The molecule has 0 N–H and O–H groups in total. The average Bonchev–Trinajstić information content (AvgIpc) is 3.24. The van der Waals surface area contributed by atoms with Gasteiger partial charge in [0.15, 0.2) is 0 Å². The van der Waals surface area contributed by atoms with Gasteiger partial charge in [0.25, 0.3) is 0 Å². The van der Waals surface area contributed by atoms with Crippen LogP contribution in [0.4, 0.5) is 0 Å². The van der Waals surface area contributed by atoms with Crippen LogP contribution in [0.1, 0.15) is 11.1 Å². The highest BCUT2D eigenvalue weighted by Crippen LogP contribution is 2.23. The first-order valence-electron chi connectivity index (χ1n) is 7.90. The molecule has 4 aromatic rings.